The summed E-state index contributed by atoms with van der Waals surface area (Å²) in [6.07, 6.45) is 0.867. The van der Waals surface area contributed by atoms with E-state index in [1.807, 2.05) is 18.9 Å². The number of hydrogen-bond donors (Lipinski definition) is 0. The Bertz CT molecular complexity index is 1060. The number of piperazine rings is 1. The van der Waals surface area contributed by atoms with Gasteiger partial charge in [0, 0.05) is 32.2 Å². The molecule has 2 heterocycles. The van der Waals surface area contributed by atoms with Gasteiger partial charge in [-0.15, -0.1) is 0 Å². The van der Waals surface area contributed by atoms with Crippen molar-refractivity contribution in [3.8, 4) is 5.75 Å². The van der Waals surface area contributed by atoms with Crippen molar-refractivity contribution >= 4 is 23.1 Å². The zero-order chi connectivity index (χ0) is 22.8. The van der Waals surface area contributed by atoms with Crippen LogP contribution in [0.1, 0.15) is 18.9 Å². The number of imide groups is 1. The molecule has 0 bridgehead atoms. The minimum absolute atomic E-state index is 0.213. The normalized spacial score (nSPS) is 17.5. The fourth-order valence-electron chi connectivity index (χ4n) is 3.92. The highest BCUT2D eigenvalue weighted by molar-refractivity contribution is 6.45. The standard InChI is InChI=1S/C24H25F2N3O3/c1-3-14-32-18-7-4-16(5-8-18)21-22(28-12-10-27(2)11-13-28)24(31)29(23(21)30)20-9-6-17(25)15-19(20)26/h4-9,15H,3,10-14H2,1-2H3. The van der Waals surface area contributed by atoms with Crippen molar-refractivity contribution in [2.24, 2.45) is 0 Å². The first-order chi connectivity index (χ1) is 15.4. The second kappa shape index (κ2) is 9.08. The molecule has 0 spiro atoms. The second-order valence-electron chi connectivity index (χ2n) is 7.93. The number of rotatable bonds is 6. The van der Waals surface area contributed by atoms with Crippen LogP contribution in [0.3, 0.4) is 0 Å². The summed E-state index contributed by atoms with van der Waals surface area (Å²) < 4.78 is 33.6. The third kappa shape index (κ3) is 4.10. The maximum absolute atomic E-state index is 14.5. The van der Waals surface area contributed by atoms with E-state index in [9.17, 15) is 18.4 Å². The average molecular weight is 441 g/mol. The lowest BCUT2D eigenvalue weighted by Gasteiger charge is -2.34. The summed E-state index contributed by atoms with van der Waals surface area (Å²) in [5.74, 6) is -2.31. The topological polar surface area (TPSA) is 53.1 Å². The van der Waals surface area contributed by atoms with Gasteiger partial charge in [0.2, 0.25) is 0 Å². The molecular formula is C24H25F2N3O3. The van der Waals surface area contributed by atoms with Crippen molar-refractivity contribution in [1.29, 1.82) is 0 Å². The molecule has 0 saturated carbocycles. The summed E-state index contributed by atoms with van der Waals surface area (Å²) in [6.45, 7) is 5.16. The van der Waals surface area contributed by atoms with Crippen molar-refractivity contribution in [2.45, 2.75) is 13.3 Å². The lowest BCUT2D eigenvalue weighted by atomic mass is 10.0. The molecule has 1 saturated heterocycles. The Labute approximate surface area is 185 Å². The van der Waals surface area contributed by atoms with Crippen molar-refractivity contribution < 1.29 is 23.1 Å². The predicted molar refractivity (Wildman–Crippen MR) is 117 cm³/mol. The third-order valence-electron chi connectivity index (χ3n) is 5.65. The van der Waals surface area contributed by atoms with E-state index in [0.29, 0.717) is 37.1 Å². The van der Waals surface area contributed by atoms with Gasteiger partial charge < -0.3 is 14.5 Å². The Morgan fingerprint density at radius 1 is 0.938 bits per heavy atom. The monoisotopic (exact) mass is 441 g/mol. The van der Waals surface area contributed by atoms with Crippen LogP contribution in [0.4, 0.5) is 14.5 Å². The van der Waals surface area contributed by atoms with Gasteiger partial charge in [0.1, 0.15) is 23.1 Å². The third-order valence-corrected chi connectivity index (χ3v) is 5.65. The number of halogens is 2. The number of amides is 2. The molecule has 2 aromatic carbocycles. The molecule has 168 valence electrons. The number of benzene rings is 2. The largest absolute Gasteiger partial charge is 0.494 e. The number of hydrogen-bond acceptors (Lipinski definition) is 5. The first-order valence-electron chi connectivity index (χ1n) is 10.7. The van der Waals surface area contributed by atoms with E-state index >= 15 is 0 Å². The van der Waals surface area contributed by atoms with Crippen LogP contribution >= 0.6 is 0 Å². The van der Waals surface area contributed by atoms with E-state index in [-0.39, 0.29) is 17.0 Å². The van der Waals surface area contributed by atoms with Gasteiger partial charge in [0.05, 0.1) is 17.9 Å². The molecule has 0 radical (unpaired) electrons. The SMILES string of the molecule is CCCOc1ccc(C2=C(N3CCN(C)CC3)C(=O)N(c3ccc(F)cc3F)C2=O)cc1. The summed E-state index contributed by atoms with van der Waals surface area (Å²) in [6, 6.07) is 9.78. The van der Waals surface area contributed by atoms with Crippen LogP contribution in [0.5, 0.6) is 5.75 Å². The van der Waals surface area contributed by atoms with Gasteiger partial charge in [-0.1, -0.05) is 19.1 Å². The number of carbonyl (C=O) groups excluding carboxylic acids is 2. The Kier molecular flexibility index (Phi) is 6.23. The Morgan fingerprint density at radius 3 is 2.25 bits per heavy atom. The maximum atomic E-state index is 14.5. The Balaban J connectivity index is 1.76. The lowest BCUT2D eigenvalue weighted by molar-refractivity contribution is -0.120. The van der Waals surface area contributed by atoms with Gasteiger partial charge in [-0.3, -0.25) is 9.59 Å². The summed E-state index contributed by atoms with van der Waals surface area (Å²) in [7, 11) is 1.99. The fraction of sp³-hybridized carbons (Fsp3) is 0.333. The van der Waals surface area contributed by atoms with Gasteiger partial charge in [0.25, 0.3) is 11.8 Å². The van der Waals surface area contributed by atoms with Crippen LogP contribution < -0.4 is 9.64 Å². The van der Waals surface area contributed by atoms with Crippen LogP contribution in [0.25, 0.3) is 5.57 Å². The van der Waals surface area contributed by atoms with Crippen molar-refractivity contribution in [1.82, 2.24) is 9.80 Å². The molecule has 0 atom stereocenters. The molecule has 4 rings (SSSR count). The minimum Gasteiger partial charge on any atom is -0.494 e. The van der Waals surface area contributed by atoms with Crippen LogP contribution in [-0.4, -0.2) is 61.4 Å². The molecule has 0 aromatic heterocycles. The highest BCUT2D eigenvalue weighted by Gasteiger charge is 2.43. The first kappa shape index (κ1) is 22.0. The van der Waals surface area contributed by atoms with E-state index in [2.05, 4.69) is 4.90 Å². The molecule has 0 aliphatic carbocycles. The fourth-order valence-corrected chi connectivity index (χ4v) is 3.92. The summed E-state index contributed by atoms with van der Waals surface area (Å²) in [4.78, 5) is 31.7. The highest BCUT2D eigenvalue weighted by atomic mass is 19.1. The number of anilines is 1. The molecular weight excluding hydrogens is 416 g/mol. The molecule has 8 heteroatoms. The smallest absolute Gasteiger partial charge is 0.282 e. The summed E-state index contributed by atoms with van der Waals surface area (Å²) in [5, 5.41) is 0. The molecule has 2 aliphatic heterocycles. The number of ether oxygens (including phenoxy) is 1. The van der Waals surface area contributed by atoms with Crippen LogP contribution in [-0.2, 0) is 9.59 Å². The van der Waals surface area contributed by atoms with E-state index in [0.717, 1.165) is 36.5 Å². The maximum Gasteiger partial charge on any atom is 0.282 e. The van der Waals surface area contributed by atoms with Gasteiger partial charge in [0.15, 0.2) is 0 Å². The van der Waals surface area contributed by atoms with Gasteiger partial charge in [-0.25, -0.2) is 13.7 Å². The molecule has 2 aromatic rings. The summed E-state index contributed by atoms with van der Waals surface area (Å²) in [5.41, 5.74) is 0.747. The van der Waals surface area contributed by atoms with Crippen LogP contribution in [0.15, 0.2) is 48.2 Å². The van der Waals surface area contributed by atoms with Gasteiger partial charge in [-0.2, -0.15) is 0 Å². The molecule has 2 amide bonds. The molecule has 6 nitrogen and oxygen atoms in total. The van der Waals surface area contributed by atoms with E-state index in [1.54, 1.807) is 24.3 Å². The van der Waals surface area contributed by atoms with Crippen molar-refractivity contribution in [3.63, 3.8) is 0 Å². The number of nitrogens with zero attached hydrogens (tertiary/aromatic N) is 3. The predicted octanol–water partition coefficient (Wildman–Crippen LogP) is 3.29. The lowest BCUT2D eigenvalue weighted by Crippen LogP contribution is -2.46. The van der Waals surface area contributed by atoms with Crippen molar-refractivity contribution in [2.75, 3.05) is 44.7 Å². The zero-order valence-corrected chi connectivity index (χ0v) is 18.1. The molecule has 32 heavy (non-hydrogen) atoms. The number of carbonyl (C=O) groups is 2. The molecule has 0 N–H and O–H groups in total. The molecule has 1 fully saturated rings. The van der Waals surface area contributed by atoms with Gasteiger partial charge >= 0.3 is 0 Å². The van der Waals surface area contributed by atoms with E-state index < -0.39 is 23.4 Å². The minimum atomic E-state index is -0.964. The van der Waals surface area contributed by atoms with Crippen LogP contribution in [0.2, 0.25) is 0 Å². The molecule has 2 aliphatic rings. The quantitative estimate of drug-likeness (QED) is 0.644. The molecule has 0 unspecified atom stereocenters. The van der Waals surface area contributed by atoms with E-state index in [1.165, 1.54) is 0 Å². The zero-order valence-electron chi connectivity index (χ0n) is 18.1. The van der Waals surface area contributed by atoms with Crippen LogP contribution in [0, 0.1) is 11.6 Å². The highest BCUT2D eigenvalue weighted by Crippen LogP contribution is 2.36. The van der Waals surface area contributed by atoms with Gasteiger partial charge in [-0.05, 0) is 43.3 Å². The summed E-state index contributed by atoms with van der Waals surface area (Å²) >= 11 is 0. The Morgan fingerprint density at radius 2 is 1.62 bits per heavy atom. The average Bonchev–Trinajstić information content (AvgIpc) is 3.03. The van der Waals surface area contributed by atoms with E-state index in [4.69, 9.17) is 4.74 Å². The first-order valence-corrected chi connectivity index (χ1v) is 10.7. The Hall–Kier alpha value is -3.26. The number of likely N-dealkylation sites (N-methyl/N-ethyl adjacent to an activating group) is 1. The van der Waals surface area contributed by atoms with Crippen molar-refractivity contribution in [3.05, 3.63) is 65.4 Å². The second-order valence-corrected chi connectivity index (χ2v) is 7.93.